The zero-order valence-electron chi connectivity index (χ0n) is 10.1. The number of carbonyl (C=O) groups excluding carboxylic acids is 2. The molecule has 0 spiro atoms. The molecule has 2 amide bonds. The molecule has 2 aliphatic heterocycles. The zero-order valence-corrected chi connectivity index (χ0v) is 11.8. The molecule has 0 saturated carbocycles. The van der Waals surface area contributed by atoms with Crippen LogP contribution >= 0.6 is 24.4 Å². The number of hydrogen-bond donors (Lipinski definition) is 1. The number of fused-ring (bicyclic) bond motifs is 1. The second-order valence-electron chi connectivity index (χ2n) is 4.36. The quantitative estimate of drug-likeness (QED) is 0.683. The van der Waals surface area contributed by atoms with Crippen LogP contribution in [0, 0.1) is 0 Å². The molecule has 0 aromatic heterocycles. The molecule has 0 unspecified atom stereocenters. The largest absolute Gasteiger partial charge is 0.365 e. The van der Waals surface area contributed by atoms with E-state index in [0.717, 1.165) is 10.1 Å². The average molecular weight is 292 g/mol. The molecule has 4 nitrogen and oxygen atoms in total. The number of thiol groups is 1. The first-order valence-electron chi connectivity index (χ1n) is 5.89. The summed E-state index contributed by atoms with van der Waals surface area (Å²) in [5, 5.41) is 0. The molecule has 0 aliphatic carbocycles. The van der Waals surface area contributed by atoms with Gasteiger partial charge in [-0.15, -0.1) is 12.6 Å². The Morgan fingerprint density at radius 1 is 1.11 bits per heavy atom. The van der Waals surface area contributed by atoms with Crippen molar-refractivity contribution in [3.8, 4) is 0 Å². The Labute approximate surface area is 120 Å². The first-order chi connectivity index (χ1) is 9.16. The molecule has 0 N–H and O–H groups in total. The van der Waals surface area contributed by atoms with Crippen molar-refractivity contribution in [1.29, 1.82) is 0 Å². The fourth-order valence-corrected chi connectivity index (χ4v) is 3.24. The maximum atomic E-state index is 12.1. The van der Waals surface area contributed by atoms with Crippen LogP contribution in [0.1, 0.15) is 20.7 Å². The topological polar surface area (TPSA) is 40.6 Å². The van der Waals surface area contributed by atoms with E-state index in [1.54, 1.807) is 36.0 Å². The van der Waals surface area contributed by atoms with Gasteiger partial charge in [0.25, 0.3) is 11.8 Å². The minimum Gasteiger partial charge on any atom is -0.365 e. The summed E-state index contributed by atoms with van der Waals surface area (Å²) in [5.41, 5.74) is 1.02. The fourth-order valence-electron chi connectivity index (χ4n) is 2.18. The number of carbonyl (C=O) groups is 2. The summed E-state index contributed by atoms with van der Waals surface area (Å²) in [5.74, 6) is 0.437. The third-order valence-corrected chi connectivity index (χ3v) is 4.52. The molecule has 0 fully saturated rings. The van der Waals surface area contributed by atoms with Gasteiger partial charge in [0.1, 0.15) is 0 Å². The lowest BCUT2D eigenvalue weighted by Crippen LogP contribution is -2.36. The van der Waals surface area contributed by atoms with E-state index < -0.39 is 0 Å². The lowest BCUT2D eigenvalue weighted by Gasteiger charge is -2.19. The normalized spacial score (nSPS) is 18.1. The molecule has 1 aromatic carbocycles. The van der Waals surface area contributed by atoms with E-state index in [-0.39, 0.29) is 11.8 Å². The average Bonchev–Trinajstić information content (AvgIpc) is 2.93. The second-order valence-corrected chi connectivity index (χ2v) is 6.13. The molecule has 6 heteroatoms. The Morgan fingerprint density at radius 3 is 2.26 bits per heavy atom. The standard InChI is InChI=1S/C13H12N2O2S2/c16-12-9-3-1-2-4-10(9)13(17)15(12)6-5-14-7-11(18)19-8-14/h1-4,7,18H,5-6,8H2. The third-order valence-electron chi connectivity index (χ3n) is 3.16. The maximum Gasteiger partial charge on any atom is 0.261 e. The van der Waals surface area contributed by atoms with Crippen LogP contribution in [0.3, 0.4) is 0 Å². The summed E-state index contributed by atoms with van der Waals surface area (Å²) in [6, 6.07) is 6.96. The summed E-state index contributed by atoms with van der Waals surface area (Å²) < 4.78 is 0.961. The number of nitrogens with zero attached hydrogens (tertiary/aromatic N) is 2. The van der Waals surface area contributed by atoms with Crippen molar-refractivity contribution in [3.05, 3.63) is 45.8 Å². The van der Waals surface area contributed by atoms with Gasteiger partial charge in [0.15, 0.2) is 0 Å². The molecule has 2 heterocycles. The van der Waals surface area contributed by atoms with Gasteiger partial charge in [-0.3, -0.25) is 14.5 Å². The highest BCUT2D eigenvalue weighted by Crippen LogP contribution is 2.28. The van der Waals surface area contributed by atoms with E-state index in [2.05, 4.69) is 17.5 Å². The monoisotopic (exact) mass is 292 g/mol. The van der Waals surface area contributed by atoms with Crippen molar-refractivity contribution in [3.63, 3.8) is 0 Å². The summed E-state index contributed by atoms with van der Waals surface area (Å²) in [4.78, 5) is 27.6. The predicted octanol–water partition coefficient (Wildman–Crippen LogP) is 2.02. The fraction of sp³-hybridized carbons (Fsp3) is 0.231. The maximum absolute atomic E-state index is 12.1. The van der Waals surface area contributed by atoms with Crippen LogP contribution in [0.4, 0.5) is 0 Å². The van der Waals surface area contributed by atoms with Gasteiger partial charge in [0.05, 0.1) is 21.2 Å². The molecule has 0 saturated heterocycles. The lowest BCUT2D eigenvalue weighted by molar-refractivity contribution is 0.0646. The van der Waals surface area contributed by atoms with E-state index in [1.165, 1.54) is 4.90 Å². The highest BCUT2D eigenvalue weighted by molar-refractivity contribution is 8.15. The Balaban J connectivity index is 1.71. The molecular formula is C13H12N2O2S2. The van der Waals surface area contributed by atoms with Crippen molar-refractivity contribution in [2.45, 2.75) is 0 Å². The molecule has 2 aliphatic rings. The van der Waals surface area contributed by atoms with Crippen molar-refractivity contribution < 1.29 is 9.59 Å². The highest BCUT2D eigenvalue weighted by Gasteiger charge is 2.34. The van der Waals surface area contributed by atoms with Crippen molar-refractivity contribution in [2.24, 2.45) is 0 Å². The minimum absolute atomic E-state index is 0.192. The van der Waals surface area contributed by atoms with E-state index in [1.807, 2.05) is 6.20 Å². The molecular weight excluding hydrogens is 280 g/mol. The van der Waals surface area contributed by atoms with Crippen LogP contribution in [0.5, 0.6) is 0 Å². The number of thioether (sulfide) groups is 1. The SMILES string of the molecule is O=C1c2ccccc2C(=O)N1CCN1C=C(S)SC1. The van der Waals surface area contributed by atoms with Crippen LogP contribution in [0.15, 0.2) is 34.7 Å². The third kappa shape index (κ3) is 2.26. The molecule has 19 heavy (non-hydrogen) atoms. The Morgan fingerprint density at radius 2 is 1.74 bits per heavy atom. The van der Waals surface area contributed by atoms with Gasteiger partial charge in [-0.25, -0.2) is 0 Å². The predicted molar refractivity (Wildman–Crippen MR) is 78.0 cm³/mol. The summed E-state index contributed by atoms with van der Waals surface area (Å²) in [6.45, 7) is 1.05. The molecule has 98 valence electrons. The van der Waals surface area contributed by atoms with Gasteiger partial charge in [-0.05, 0) is 12.1 Å². The van der Waals surface area contributed by atoms with Crippen LogP contribution < -0.4 is 0 Å². The Hall–Kier alpha value is -1.40. The first kappa shape index (κ1) is 12.6. The Bertz CT molecular complexity index is 551. The molecule has 3 rings (SSSR count). The molecule has 0 atom stereocenters. The minimum atomic E-state index is -0.192. The van der Waals surface area contributed by atoms with Crippen molar-refractivity contribution in [1.82, 2.24) is 9.80 Å². The zero-order chi connectivity index (χ0) is 13.4. The van der Waals surface area contributed by atoms with Gasteiger partial charge in [-0.2, -0.15) is 0 Å². The molecule has 0 radical (unpaired) electrons. The molecule has 0 bridgehead atoms. The number of benzene rings is 1. The first-order valence-corrected chi connectivity index (χ1v) is 7.33. The van der Waals surface area contributed by atoms with E-state index >= 15 is 0 Å². The van der Waals surface area contributed by atoms with Gasteiger partial charge >= 0.3 is 0 Å². The Kier molecular flexibility index (Phi) is 3.28. The lowest BCUT2D eigenvalue weighted by atomic mass is 10.1. The summed E-state index contributed by atoms with van der Waals surface area (Å²) >= 11 is 5.90. The number of rotatable bonds is 3. The number of hydrogen-bond acceptors (Lipinski definition) is 5. The van der Waals surface area contributed by atoms with Crippen LogP contribution in [0.2, 0.25) is 0 Å². The molecule has 1 aromatic rings. The van der Waals surface area contributed by atoms with Crippen LogP contribution in [-0.4, -0.2) is 40.6 Å². The highest BCUT2D eigenvalue weighted by atomic mass is 32.2. The number of imide groups is 1. The van der Waals surface area contributed by atoms with Crippen LogP contribution in [0.25, 0.3) is 0 Å². The smallest absolute Gasteiger partial charge is 0.261 e. The van der Waals surface area contributed by atoms with Gasteiger partial charge < -0.3 is 4.90 Å². The second kappa shape index (κ2) is 4.94. The van der Waals surface area contributed by atoms with Gasteiger partial charge in [0.2, 0.25) is 0 Å². The number of amides is 2. The van der Waals surface area contributed by atoms with Gasteiger partial charge in [0, 0.05) is 19.3 Å². The van der Waals surface area contributed by atoms with Crippen LogP contribution in [-0.2, 0) is 0 Å². The summed E-state index contributed by atoms with van der Waals surface area (Å²) in [6.07, 6.45) is 1.94. The van der Waals surface area contributed by atoms with E-state index in [4.69, 9.17) is 0 Å². The van der Waals surface area contributed by atoms with Crippen molar-refractivity contribution in [2.75, 3.05) is 19.0 Å². The van der Waals surface area contributed by atoms with E-state index in [0.29, 0.717) is 24.2 Å². The van der Waals surface area contributed by atoms with E-state index in [9.17, 15) is 9.59 Å². The summed E-state index contributed by atoms with van der Waals surface area (Å²) in [7, 11) is 0. The van der Waals surface area contributed by atoms with Gasteiger partial charge in [-0.1, -0.05) is 23.9 Å². The van der Waals surface area contributed by atoms with Crippen molar-refractivity contribution >= 4 is 36.2 Å².